The third-order valence-corrected chi connectivity index (χ3v) is 5.27. The summed E-state index contributed by atoms with van der Waals surface area (Å²) < 4.78 is 40.9. The first-order valence-electron chi connectivity index (χ1n) is 7.34. The van der Waals surface area contributed by atoms with Gasteiger partial charge in [0, 0.05) is 15.5 Å². The summed E-state index contributed by atoms with van der Waals surface area (Å²) in [5.41, 5.74) is -3.79. The van der Waals surface area contributed by atoms with Crippen LogP contribution in [0.1, 0.15) is 21.3 Å². The quantitative estimate of drug-likeness (QED) is 0.685. The number of thiophene rings is 1. The van der Waals surface area contributed by atoms with Gasteiger partial charge in [-0.25, -0.2) is 4.79 Å². The molecule has 0 saturated carbocycles. The smallest absolute Gasteiger partial charge is 0.363 e. The summed E-state index contributed by atoms with van der Waals surface area (Å²) in [4.78, 5) is 25.0. The Hall–Kier alpha value is -2.10. The van der Waals surface area contributed by atoms with Crippen LogP contribution in [-0.2, 0) is 0 Å². The molecule has 2 amide bonds. The molecular formula is C16H12ClF3N2O3S. The summed E-state index contributed by atoms with van der Waals surface area (Å²) in [6.45, 7) is 0. The van der Waals surface area contributed by atoms with E-state index in [9.17, 15) is 27.9 Å². The van der Waals surface area contributed by atoms with Gasteiger partial charge in [-0.2, -0.15) is 13.2 Å². The van der Waals surface area contributed by atoms with Gasteiger partial charge in [0.2, 0.25) is 5.72 Å². The van der Waals surface area contributed by atoms with E-state index in [0.29, 0.717) is 9.90 Å². The van der Waals surface area contributed by atoms with E-state index in [1.54, 1.807) is 11.4 Å². The highest BCUT2D eigenvalue weighted by molar-refractivity contribution is 7.10. The zero-order chi connectivity index (χ0) is 19.1. The van der Waals surface area contributed by atoms with Crippen molar-refractivity contribution >= 4 is 34.8 Å². The standard InChI is InChI=1S/C16H12ClF3N2O3S/c17-9-5-3-8(4-6-9)13(23)11-12(10-2-1-7-26-10)21-14(24)22-15(11,25)16(18,19)20/h1-7,11-12,25H,(H2,21,22,24). The molecule has 10 heteroatoms. The maximum Gasteiger partial charge on any atom is 0.437 e. The Labute approximate surface area is 154 Å². The fourth-order valence-corrected chi connectivity index (χ4v) is 3.78. The van der Waals surface area contributed by atoms with Gasteiger partial charge in [0.05, 0.1) is 6.04 Å². The van der Waals surface area contributed by atoms with Crippen LogP contribution in [-0.4, -0.2) is 28.8 Å². The highest BCUT2D eigenvalue weighted by atomic mass is 35.5. The molecule has 3 unspecified atom stereocenters. The Morgan fingerprint density at radius 1 is 1.23 bits per heavy atom. The molecule has 5 nitrogen and oxygen atoms in total. The molecule has 1 aliphatic rings. The number of hydrogen-bond acceptors (Lipinski definition) is 4. The van der Waals surface area contributed by atoms with Gasteiger partial charge in [0.1, 0.15) is 5.92 Å². The maximum absolute atomic E-state index is 13.6. The largest absolute Gasteiger partial charge is 0.437 e. The lowest BCUT2D eigenvalue weighted by molar-refractivity contribution is -0.287. The van der Waals surface area contributed by atoms with Gasteiger partial charge in [-0.1, -0.05) is 17.7 Å². The van der Waals surface area contributed by atoms with E-state index >= 15 is 0 Å². The van der Waals surface area contributed by atoms with E-state index in [1.165, 1.54) is 35.6 Å². The van der Waals surface area contributed by atoms with Gasteiger partial charge in [-0.3, -0.25) is 4.79 Å². The van der Waals surface area contributed by atoms with Gasteiger partial charge in [0.15, 0.2) is 5.78 Å². The molecule has 0 bridgehead atoms. The van der Waals surface area contributed by atoms with Crippen LogP contribution in [0.4, 0.5) is 18.0 Å². The van der Waals surface area contributed by atoms with Crippen molar-refractivity contribution in [1.82, 2.24) is 10.6 Å². The van der Waals surface area contributed by atoms with Crippen molar-refractivity contribution in [3.05, 3.63) is 57.2 Å². The first-order valence-corrected chi connectivity index (χ1v) is 8.60. The topological polar surface area (TPSA) is 78.4 Å². The zero-order valence-electron chi connectivity index (χ0n) is 12.9. The molecule has 3 N–H and O–H groups in total. The van der Waals surface area contributed by atoms with Gasteiger partial charge in [-0.05, 0) is 35.7 Å². The molecule has 2 aromatic rings. The monoisotopic (exact) mass is 404 g/mol. The number of halogens is 4. The van der Waals surface area contributed by atoms with Crippen molar-refractivity contribution < 1.29 is 27.9 Å². The van der Waals surface area contributed by atoms with Crippen LogP contribution in [0, 0.1) is 5.92 Å². The summed E-state index contributed by atoms with van der Waals surface area (Å²) in [5.74, 6) is -3.01. The number of ketones is 1. The molecule has 1 saturated heterocycles. The molecule has 1 aliphatic heterocycles. The molecule has 1 aromatic heterocycles. The van der Waals surface area contributed by atoms with Gasteiger partial charge < -0.3 is 15.7 Å². The Kier molecular flexibility index (Phi) is 4.72. The number of rotatable bonds is 3. The summed E-state index contributed by atoms with van der Waals surface area (Å²) in [7, 11) is 0. The summed E-state index contributed by atoms with van der Waals surface area (Å²) in [6.07, 6.45) is -5.27. The molecule has 138 valence electrons. The average molecular weight is 405 g/mol. The van der Waals surface area contributed by atoms with Crippen molar-refractivity contribution in [2.45, 2.75) is 17.9 Å². The van der Waals surface area contributed by atoms with E-state index in [2.05, 4.69) is 5.32 Å². The Morgan fingerprint density at radius 3 is 2.42 bits per heavy atom. The van der Waals surface area contributed by atoms with Crippen LogP contribution in [0.5, 0.6) is 0 Å². The molecule has 0 aliphatic carbocycles. The second-order valence-corrected chi connectivity index (χ2v) is 7.12. The number of aliphatic hydroxyl groups is 1. The number of benzene rings is 1. The number of nitrogens with one attached hydrogen (secondary N) is 2. The molecule has 2 heterocycles. The summed E-state index contributed by atoms with van der Waals surface area (Å²) in [6, 6.07) is 5.74. The molecule has 0 spiro atoms. The number of urea groups is 1. The number of amides is 2. The van der Waals surface area contributed by atoms with Crippen LogP contribution < -0.4 is 10.6 Å². The minimum absolute atomic E-state index is 0.0680. The molecule has 26 heavy (non-hydrogen) atoms. The van der Waals surface area contributed by atoms with Crippen LogP contribution in [0.2, 0.25) is 5.02 Å². The van der Waals surface area contributed by atoms with Crippen molar-refractivity contribution in [3.8, 4) is 0 Å². The second-order valence-electron chi connectivity index (χ2n) is 5.70. The lowest BCUT2D eigenvalue weighted by atomic mass is 9.79. The average Bonchev–Trinajstić information content (AvgIpc) is 3.07. The number of hydrogen-bond donors (Lipinski definition) is 3. The number of alkyl halides is 3. The Bertz CT molecular complexity index is 826. The fraction of sp³-hybridized carbons (Fsp3) is 0.250. The van der Waals surface area contributed by atoms with E-state index < -0.39 is 35.7 Å². The molecular weight excluding hydrogens is 393 g/mol. The Morgan fingerprint density at radius 2 is 1.88 bits per heavy atom. The van der Waals surface area contributed by atoms with Crippen LogP contribution >= 0.6 is 22.9 Å². The summed E-state index contributed by atoms with van der Waals surface area (Å²) >= 11 is 6.82. The summed E-state index contributed by atoms with van der Waals surface area (Å²) in [5, 5.41) is 16.0. The SMILES string of the molecule is O=C1NC(c2cccs2)C(C(=O)c2ccc(Cl)cc2)C(O)(C(F)(F)F)N1. The predicted molar refractivity (Wildman–Crippen MR) is 89.0 cm³/mol. The maximum atomic E-state index is 13.6. The van der Waals surface area contributed by atoms with E-state index in [-0.39, 0.29) is 5.56 Å². The van der Waals surface area contributed by atoms with Crippen LogP contribution in [0.3, 0.4) is 0 Å². The van der Waals surface area contributed by atoms with Gasteiger partial charge in [-0.15, -0.1) is 11.3 Å². The lowest BCUT2D eigenvalue weighted by Crippen LogP contribution is -2.72. The highest BCUT2D eigenvalue weighted by Gasteiger charge is 2.66. The third-order valence-electron chi connectivity index (χ3n) is 4.07. The lowest BCUT2D eigenvalue weighted by Gasteiger charge is -2.44. The molecule has 1 aromatic carbocycles. The van der Waals surface area contributed by atoms with E-state index in [0.717, 1.165) is 11.3 Å². The minimum Gasteiger partial charge on any atom is -0.363 e. The van der Waals surface area contributed by atoms with Crippen molar-refractivity contribution in [1.29, 1.82) is 0 Å². The molecule has 0 radical (unpaired) electrons. The number of carbonyl (C=O) groups is 2. The number of Topliss-reactive ketones (excluding diaryl/α,β-unsaturated/α-hetero) is 1. The van der Waals surface area contributed by atoms with Crippen molar-refractivity contribution in [3.63, 3.8) is 0 Å². The van der Waals surface area contributed by atoms with Crippen molar-refractivity contribution in [2.75, 3.05) is 0 Å². The van der Waals surface area contributed by atoms with Gasteiger partial charge in [0.25, 0.3) is 0 Å². The molecule has 1 fully saturated rings. The molecule has 3 atom stereocenters. The van der Waals surface area contributed by atoms with E-state index in [1.807, 2.05) is 0 Å². The first kappa shape index (κ1) is 18.7. The Balaban J connectivity index is 2.13. The molecule has 3 rings (SSSR count). The normalized spacial score (nSPS) is 26.1. The second kappa shape index (κ2) is 6.57. The van der Waals surface area contributed by atoms with Gasteiger partial charge >= 0.3 is 12.2 Å². The first-order chi connectivity index (χ1) is 12.1. The fourth-order valence-electron chi connectivity index (χ4n) is 2.84. The highest BCUT2D eigenvalue weighted by Crippen LogP contribution is 2.44. The predicted octanol–water partition coefficient (Wildman–Crippen LogP) is 3.51. The van der Waals surface area contributed by atoms with Crippen LogP contribution in [0.25, 0.3) is 0 Å². The third kappa shape index (κ3) is 3.17. The van der Waals surface area contributed by atoms with Crippen LogP contribution in [0.15, 0.2) is 41.8 Å². The van der Waals surface area contributed by atoms with E-state index in [4.69, 9.17) is 11.6 Å². The zero-order valence-corrected chi connectivity index (χ0v) is 14.5. The number of carbonyl (C=O) groups excluding carboxylic acids is 2. The minimum atomic E-state index is -5.27. The van der Waals surface area contributed by atoms with Crippen molar-refractivity contribution in [2.24, 2.45) is 5.92 Å².